The van der Waals surface area contributed by atoms with Crippen molar-refractivity contribution in [3.8, 4) is 0 Å². The molecular weight excluding hydrogens is 312 g/mol. The Balaban J connectivity index is 1.94. The summed E-state index contributed by atoms with van der Waals surface area (Å²) in [6.07, 6.45) is 4.99. The molecular formula is C14H18BrClN2. The zero-order valence-corrected chi connectivity index (χ0v) is 12.6. The largest absolute Gasteiger partial charge is 0.326 e. The van der Waals surface area contributed by atoms with Crippen LogP contribution in [0.25, 0.3) is 0 Å². The summed E-state index contributed by atoms with van der Waals surface area (Å²) in [7, 11) is 0. The van der Waals surface area contributed by atoms with Crippen LogP contribution in [0.5, 0.6) is 0 Å². The molecule has 3 rings (SSSR count). The summed E-state index contributed by atoms with van der Waals surface area (Å²) in [6, 6.07) is 7.40. The van der Waals surface area contributed by atoms with Crippen LogP contribution in [0.4, 0.5) is 0 Å². The lowest BCUT2D eigenvalue weighted by Crippen LogP contribution is -2.46. The lowest BCUT2D eigenvalue weighted by Gasteiger charge is -2.40. The van der Waals surface area contributed by atoms with Crippen molar-refractivity contribution < 1.29 is 0 Å². The lowest BCUT2D eigenvalue weighted by molar-refractivity contribution is 0.119. The van der Waals surface area contributed by atoms with Crippen LogP contribution in [-0.4, -0.2) is 23.5 Å². The molecule has 0 amide bonds. The molecule has 1 aliphatic heterocycles. The smallest absolute Gasteiger partial charge is 0.0513 e. The second-order valence-corrected chi connectivity index (χ2v) is 6.68. The molecule has 1 heterocycles. The van der Waals surface area contributed by atoms with Crippen molar-refractivity contribution >= 4 is 27.5 Å². The molecule has 0 spiro atoms. The fourth-order valence-electron chi connectivity index (χ4n) is 3.02. The Labute approximate surface area is 122 Å². The van der Waals surface area contributed by atoms with E-state index in [1.807, 2.05) is 12.1 Å². The first-order chi connectivity index (χ1) is 8.66. The highest BCUT2D eigenvalue weighted by molar-refractivity contribution is 9.10. The van der Waals surface area contributed by atoms with E-state index in [0.717, 1.165) is 22.0 Å². The van der Waals surface area contributed by atoms with Gasteiger partial charge in [-0.2, -0.15) is 0 Å². The topological polar surface area (TPSA) is 29.3 Å². The molecule has 2 unspecified atom stereocenters. The van der Waals surface area contributed by atoms with Gasteiger partial charge in [-0.3, -0.25) is 4.90 Å². The normalized spacial score (nSPS) is 29.5. The zero-order valence-electron chi connectivity index (χ0n) is 10.3. The number of nitrogens with zero attached hydrogens (tertiary/aromatic N) is 1. The van der Waals surface area contributed by atoms with Gasteiger partial charge in [0.2, 0.25) is 0 Å². The number of likely N-dealkylation sites (tertiary alicyclic amines) is 1. The molecule has 0 radical (unpaired) electrons. The van der Waals surface area contributed by atoms with Gasteiger partial charge in [0, 0.05) is 21.6 Å². The van der Waals surface area contributed by atoms with Gasteiger partial charge >= 0.3 is 0 Å². The van der Waals surface area contributed by atoms with Crippen molar-refractivity contribution in [2.45, 2.75) is 43.8 Å². The SMILES string of the molecule is NC1CCCN(C2CC2)C1c1ccc(Cl)cc1Br. The summed E-state index contributed by atoms with van der Waals surface area (Å²) in [4.78, 5) is 2.60. The predicted octanol–water partition coefficient (Wildman–Crippen LogP) is 3.73. The van der Waals surface area contributed by atoms with Gasteiger partial charge in [-0.1, -0.05) is 33.6 Å². The maximum absolute atomic E-state index is 6.38. The average molecular weight is 330 g/mol. The quantitative estimate of drug-likeness (QED) is 0.896. The molecule has 18 heavy (non-hydrogen) atoms. The maximum Gasteiger partial charge on any atom is 0.0513 e. The number of benzene rings is 1. The molecule has 2 atom stereocenters. The molecule has 4 heteroatoms. The standard InChI is InChI=1S/C14H18BrClN2/c15-12-8-9(16)3-6-11(12)14-13(17)2-1-7-18(14)10-4-5-10/h3,6,8,10,13-14H,1-2,4-5,7,17H2. The first kappa shape index (κ1) is 12.9. The molecule has 98 valence electrons. The minimum atomic E-state index is 0.233. The molecule has 2 fully saturated rings. The Morgan fingerprint density at radius 3 is 2.72 bits per heavy atom. The van der Waals surface area contributed by atoms with E-state index in [1.165, 1.54) is 31.4 Å². The van der Waals surface area contributed by atoms with Crippen LogP contribution in [0.3, 0.4) is 0 Å². The van der Waals surface area contributed by atoms with Crippen LogP contribution in [0.1, 0.15) is 37.3 Å². The van der Waals surface area contributed by atoms with E-state index < -0.39 is 0 Å². The summed E-state index contributed by atoms with van der Waals surface area (Å²) >= 11 is 9.67. The molecule has 0 bridgehead atoms. The monoisotopic (exact) mass is 328 g/mol. The van der Waals surface area contributed by atoms with Crippen LogP contribution >= 0.6 is 27.5 Å². The van der Waals surface area contributed by atoms with Gasteiger partial charge in [-0.15, -0.1) is 0 Å². The van der Waals surface area contributed by atoms with E-state index >= 15 is 0 Å². The highest BCUT2D eigenvalue weighted by atomic mass is 79.9. The van der Waals surface area contributed by atoms with E-state index in [2.05, 4.69) is 26.9 Å². The molecule has 0 aromatic heterocycles. The molecule has 2 aliphatic rings. The van der Waals surface area contributed by atoms with Crippen molar-refractivity contribution in [1.29, 1.82) is 0 Å². The first-order valence-corrected chi connectivity index (χ1v) is 7.80. The summed E-state index contributed by atoms with van der Waals surface area (Å²) in [5.74, 6) is 0. The Morgan fingerprint density at radius 1 is 1.28 bits per heavy atom. The molecule has 1 aliphatic carbocycles. The Bertz CT molecular complexity index is 447. The zero-order chi connectivity index (χ0) is 12.7. The highest BCUT2D eigenvalue weighted by Crippen LogP contribution is 2.41. The third kappa shape index (κ3) is 2.46. The molecule has 1 aromatic rings. The number of halogens is 2. The van der Waals surface area contributed by atoms with Crippen LogP contribution in [0, 0.1) is 0 Å². The van der Waals surface area contributed by atoms with E-state index in [-0.39, 0.29) is 6.04 Å². The summed E-state index contributed by atoms with van der Waals surface area (Å²) in [5.41, 5.74) is 7.67. The Hall–Kier alpha value is -0.0900. The van der Waals surface area contributed by atoms with Gasteiger partial charge in [0.1, 0.15) is 0 Å². The van der Waals surface area contributed by atoms with Crippen molar-refractivity contribution in [3.63, 3.8) is 0 Å². The average Bonchev–Trinajstić information content (AvgIpc) is 3.14. The van der Waals surface area contributed by atoms with Crippen molar-refractivity contribution in [1.82, 2.24) is 4.90 Å². The van der Waals surface area contributed by atoms with E-state index in [1.54, 1.807) is 0 Å². The number of piperidine rings is 1. The molecule has 2 N–H and O–H groups in total. The van der Waals surface area contributed by atoms with Crippen molar-refractivity contribution in [2.24, 2.45) is 5.73 Å². The van der Waals surface area contributed by atoms with Gasteiger partial charge in [0.05, 0.1) is 6.04 Å². The molecule has 1 saturated heterocycles. The molecule has 2 nitrogen and oxygen atoms in total. The fourth-order valence-corrected chi connectivity index (χ4v) is 3.94. The third-order valence-electron chi connectivity index (χ3n) is 4.01. The first-order valence-electron chi connectivity index (χ1n) is 6.63. The van der Waals surface area contributed by atoms with E-state index in [0.29, 0.717) is 6.04 Å². The van der Waals surface area contributed by atoms with Gasteiger partial charge in [0.25, 0.3) is 0 Å². The van der Waals surface area contributed by atoms with Crippen molar-refractivity contribution in [3.05, 3.63) is 33.3 Å². The second kappa shape index (κ2) is 5.12. The molecule has 1 saturated carbocycles. The van der Waals surface area contributed by atoms with Gasteiger partial charge in [-0.05, 0) is 49.9 Å². The number of hydrogen-bond acceptors (Lipinski definition) is 2. The second-order valence-electron chi connectivity index (χ2n) is 5.39. The lowest BCUT2D eigenvalue weighted by atomic mass is 9.91. The Kier molecular flexibility index (Phi) is 3.68. The van der Waals surface area contributed by atoms with Crippen LogP contribution in [0.2, 0.25) is 5.02 Å². The minimum Gasteiger partial charge on any atom is -0.326 e. The number of nitrogens with two attached hydrogens (primary N) is 1. The summed E-state index contributed by atoms with van der Waals surface area (Å²) in [6.45, 7) is 1.18. The van der Waals surface area contributed by atoms with E-state index in [9.17, 15) is 0 Å². The highest BCUT2D eigenvalue weighted by Gasteiger charge is 2.39. The minimum absolute atomic E-state index is 0.233. The van der Waals surface area contributed by atoms with E-state index in [4.69, 9.17) is 17.3 Å². The molecule has 1 aromatic carbocycles. The van der Waals surface area contributed by atoms with Gasteiger partial charge < -0.3 is 5.73 Å². The van der Waals surface area contributed by atoms with Gasteiger partial charge in [0.15, 0.2) is 0 Å². The summed E-state index contributed by atoms with van der Waals surface area (Å²) in [5, 5.41) is 0.771. The fraction of sp³-hybridized carbons (Fsp3) is 0.571. The van der Waals surface area contributed by atoms with Crippen molar-refractivity contribution in [2.75, 3.05) is 6.54 Å². The predicted molar refractivity (Wildman–Crippen MR) is 78.8 cm³/mol. The number of hydrogen-bond donors (Lipinski definition) is 1. The Morgan fingerprint density at radius 2 is 2.06 bits per heavy atom. The van der Waals surface area contributed by atoms with Crippen LogP contribution < -0.4 is 5.73 Å². The third-order valence-corrected chi connectivity index (χ3v) is 4.94. The number of rotatable bonds is 2. The maximum atomic E-state index is 6.38. The van der Waals surface area contributed by atoms with Crippen LogP contribution in [0.15, 0.2) is 22.7 Å². The summed E-state index contributed by atoms with van der Waals surface area (Å²) < 4.78 is 1.09. The van der Waals surface area contributed by atoms with Gasteiger partial charge in [-0.25, -0.2) is 0 Å². The van der Waals surface area contributed by atoms with Crippen LogP contribution in [-0.2, 0) is 0 Å².